The van der Waals surface area contributed by atoms with Gasteiger partial charge in [-0.05, 0) is 64.5 Å². The van der Waals surface area contributed by atoms with E-state index >= 15 is 0 Å². The van der Waals surface area contributed by atoms with Gasteiger partial charge >= 0.3 is 0 Å². The highest BCUT2D eigenvalue weighted by molar-refractivity contribution is 6.07. The minimum absolute atomic E-state index is 0.0302. The first-order chi connectivity index (χ1) is 14.5. The van der Waals surface area contributed by atoms with Gasteiger partial charge in [-0.25, -0.2) is 5.43 Å². The number of rotatable bonds is 3. The van der Waals surface area contributed by atoms with Crippen molar-refractivity contribution in [3.63, 3.8) is 0 Å². The summed E-state index contributed by atoms with van der Waals surface area (Å²) in [4.78, 5) is 27.7. The van der Waals surface area contributed by atoms with Crippen LogP contribution in [0, 0.1) is 13.8 Å². The highest BCUT2D eigenvalue weighted by Crippen LogP contribution is 2.31. The number of aryl methyl sites for hydroxylation is 2. The van der Waals surface area contributed by atoms with E-state index in [-0.39, 0.29) is 17.9 Å². The second kappa shape index (κ2) is 8.46. The monoisotopic (exact) mass is 407 g/mol. The van der Waals surface area contributed by atoms with Crippen molar-refractivity contribution in [1.29, 1.82) is 0 Å². The number of carbonyl (C=O) groups is 2. The van der Waals surface area contributed by atoms with Crippen LogP contribution in [0.1, 0.15) is 82.4 Å². The van der Waals surface area contributed by atoms with Crippen LogP contribution in [0.25, 0.3) is 0 Å². The summed E-state index contributed by atoms with van der Waals surface area (Å²) in [5.74, 6) is 0.967. The molecule has 1 aromatic carbocycles. The number of piperidine rings is 1. The van der Waals surface area contributed by atoms with Gasteiger partial charge in [0.15, 0.2) is 5.76 Å². The van der Waals surface area contributed by atoms with Crippen LogP contribution in [0.15, 0.2) is 33.8 Å². The van der Waals surface area contributed by atoms with Crippen LogP contribution in [-0.2, 0) is 6.42 Å². The molecular weight excluding hydrogens is 378 g/mol. The van der Waals surface area contributed by atoms with Gasteiger partial charge in [0.25, 0.3) is 11.8 Å². The van der Waals surface area contributed by atoms with Crippen molar-refractivity contribution in [2.45, 2.75) is 65.3 Å². The van der Waals surface area contributed by atoms with Crippen molar-refractivity contribution in [2.75, 3.05) is 6.54 Å². The third kappa shape index (κ3) is 3.78. The van der Waals surface area contributed by atoms with Crippen molar-refractivity contribution < 1.29 is 14.0 Å². The van der Waals surface area contributed by atoms with Gasteiger partial charge in [0, 0.05) is 35.7 Å². The molecule has 0 radical (unpaired) electrons. The zero-order valence-electron chi connectivity index (χ0n) is 18.0. The van der Waals surface area contributed by atoms with Crippen molar-refractivity contribution in [3.8, 4) is 0 Å². The molecule has 2 aromatic rings. The van der Waals surface area contributed by atoms with Crippen molar-refractivity contribution in [3.05, 3.63) is 58.0 Å². The maximum absolute atomic E-state index is 13.2. The lowest BCUT2D eigenvalue weighted by molar-refractivity contribution is 0.0600. The normalized spacial score (nSPS) is 20.2. The minimum atomic E-state index is -0.229. The van der Waals surface area contributed by atoms with E-state index in [1.165, 1.54) is 0 Å². The minimum Gasteiger partial charge on any atom is -0.455 e. The topological polar surface area (TPSA) is 74.9 Å². The fourth-order valence-electron chi connectivity index (χ4n) is 4.52. The van der Waals surface area contributed by atoms with E-state index in [4.69, 9.17) is 4.42 Å². The Bertz CT molecular complexity index is 1010. The van der Waals surface area contributed by atoms with Crippen molar-refractivity contribution in [2.24, 2.45) is 5.10 Å². The summed E-state index contributed by atoms with van der Waals surface area (Å²) in [5.41, 5.74) is 6.71. The van der Waals surface area contributed by atoms with E-state index in [9.17, 15) is 9.59 Å². The molecule has 2 aliphatic rings. The fraction of sp³-hybridized carbons (Fsp3) is 0.458. The van der Waals surface area contributed by atoms with E-state index in [2.05, 4.69) is 17.5 Å². The number of benzene rings is 1. The zero-order chi connectivity index (χ0) is 21.3. The molecule has 1 aliphatic carbocycles. The fourth-order valence-corrected chi connectivity index (χ4v) is 4.52. The lowest BCUT2D eigenvalue weighted by atomic mass is 9.93. The first-order valence-corrected chi connectivity index (χ1v) is 10.8. The quantitative estimate of drug-likeness (QED) is 0.767. The van der Waals surface area contributed by atoms with Crippen LogP contribution >= 0.6 is 0 Å². The molecule has 1 aromatic heterocycles. The van der Waals surface area contributed by atoms with Crippen LogP contribution in [0.5, 0.6) is 0 Å². The zero-order valence-corrected chi connectivity index (χ0v) is 18.0. The highest BCUT2D eigenvalue weighted by atomic mass is 16.4. The molecule has 1 atom stereocenters. The summed E-state index contributed by atoms with van der Waals surface area (Å²) >= 11 is 0. The maximum Gasteiger partial charge on any atom is 0.290 e. The molecule has 6 nitrogen and oxygen atoms in total. The number of hydrazone groups is 1. The number of hydrogen-bond acceptors (Lipinski definition) is 4. The van der Waals surface area contributed by atoms with Crippen molar-refractivity contribution >= 4 is 17.5 Å². The van der Waals surface area contributed by atoms with E-state index in [0.29, 0.717) is 11.3 Å². The molecule has 1 saturated heterocycles. The number of nitrogens with one attached hydrogen (secondary N) is 1. The summed E-state index contributed by atoms with van der Waals surface area (Å²) in [6, 6.07) is 7.67. The van der Waals surface area contributed by atoms with Gasteiger partial charge in [-0.2, -0.15) is 5.10 Å². The molecule has 0 spiro atoms. The smallest absolute Gasteiger partial charge is 0.290 e. The molecule has 0 saturated carbocycles. The average Bonchev–Trinajstić information content (AvgIpc) is 3.09. The number of furan rings is 1. The van der Waals surface area contributed by atoms with Crippen molar-refractivity contribution in [1.82, 2.24) is 10.3 Å². The summed E-state index contributed by atoms with van der Waals surface area (Å²) < 4.78 is 6.06. The number of likely N-dealkylation sites (tertiary alicyclic amines) is 1. The molecule has 4 rings (SSSR count). The predicted octanol–water partition coefficient (Wildman–Crippen LogP) is 4.38. The molecule has 2 amide bonds. The van der Waals surface area contributed by atoms with Crippen LogP contribution in [0.4, 0.5) is 0 Å². The van der Waals surface area contributed by atoms with Gasteiger partial charge in [-0.1, -0.05) is 18.2 Å². The van der Waals surface area contributed by atoms with E-state index in [1.807, 2.05) is 36.9 Å². The molecule has 0 bridgehead atoms. The Morgan fingerprint density at radius 2 is 1.93 bits per heavy atom. The standard InChI is InChI=1S/C24H29N3O3/c1-15-9-4-5-11-18(15)23(28)26-25-19-12-8-13-20-21(19)17(3)22(30-20)24(29)27-14-7-6-10-16(27)2/h4-5,9,11,16H,6-8,10,12-14H2,1-3H3,(H,26,28)/b25-19+. The average molecular weight is 408 g/mol. The largest absolute Gasteiger partial charge is 0.455 e. The molecular formula is C24H29N3O3. The van der Waals surface area contributed by atoms with Crippen LogP contribution in [0.2, 0.25) is 0 Å². The Morgan fingerprint density at radius 3 is 2.70 bits per heavy atom. The summed E-state index contributed by atoms with van der Waals surface area (Å²) in [6.45, 7) is 6.70. The Hall–Kier alpha value is -2.89. The van der Waals surface area contributed by atoms with Gasteiger partial charge in [0.05, 0.1) is 5.71 Å². The predicted molar refractivity (Wildman–Crippen MR) is 116 cm³/mol. The Balaban J connectivity index is 1.60. The number of hydrogen-bond donors (Lipinski definition) is 1. The molecule has 1 N–H and O–H groups in total. The number of amides is 2. The highest BCUT2D eigenvalue weighted by Gasteiger charge is 2.32. The Morgan fingerprint density at radius 1 is 1.13 bits per heavy atom. The molecule has 30 heavy (non-hydrogen) atoms. The second-order valence-electron chi connectivity index (χ2n) is 8.37. The summed E-state index contributed by atoms with van der Waals surface area (Å²) in [6.07, 6.45) is 5.64. The molecule has 1 fully saturated rings. The lowest BCUT2D eigenvalue weighted by Gasteiger charge is -2.32. The molecule has 1 unspecified atom stereocenters. The Kier molecular flexibility index (Phi) is 5.75. The van der Waals surface area contributed by atoms with E-state index < -0.39 is 0 Å². The molecule has 6 heteroatoms. The van der Waals surface area contributed by atoms with Gasteiger partial charge in [0.2, 0.25) is 0 Å². The SMILES string of the molecule is Cc1ccccc1C(=O)N/N=C1\CCCc2oc(C(=O)N3CCCCC3C)c(C)c21. The van der Waals surface area contributed by atoms with Gasteiger partial charge < -0.3 is 9.32 Å². The first kappa shape index (κ1) is 20.4. The van der Waals surface area contributed by atoms with Gasteiger partial charge in [-0.3, -0.25) is 9.59 Å². The second-order valence-corrected chi connectivity index (χ2v) is 8.37. The maximum atomic E-state index is 13.2. The van der Waals surface area contributed by atoms with Crippen LogP contribution < -0.4 is 5.43 Å². The third-order valence-electron chi connectivity index (χ3n) is 6.27. The van der Waals surface area contributed by atoms with E-state index in [0.717, 1.165) is 73.2 Å². The van der Waals surface area contributed by atoms with Crippen LogP contribution in [-0.4, -0.2) is 35.0 Å². The number of carbonyl (C=O) groups excluding carboxylic acids is 2. The molecule has 1 aliphatic heterocycles. The molecule has 158 valence electrons. The summed E-state index contributed by atoms with van der Waals surface area (Å²) in [5, 5.41) is 4.44. The van der Waals surface area contributed by atoms with Crippen LogP contribution in [0.3, 0.4) is 0 Å². The summed E-state index contributed by atoms with van der Waals surface area (Å²) in [7, 11) is 0. The number of nitrogens with zero attached hydrogens (tertiary/aromatic N) is 2. The lowest BCUT2D eigenvalue weighted by Crippen LogP contribution is -2.42. The number of fused-ring (bicyclic) bond motifs is 1. The first-order valence-electron chi connectivity index (χ1n) is 10.8. The van der Waals surface area contributed by atoms with Gasteiger partial charge in [0.1, 0.15) is 5.76 Å². The Labute approximate surface area is 177 Å². The van der Waals surface area contributed by atoms with E-state index in [1.54, 1.807) is 6.07 Å². The van der Waals surface area contributed by atoms with Gasteiger partial charge in [-0.15, -0.1) is 0 Å². The third-order valence-corrected chi connectivity index (χ3v) is 6.27. The molecule has 2 heterocycles.